The van der Waals surface area contributed by atoms with Gasteiger partial charge < -0.3 is 4.42 Å². The molecule has 0 unspecified atom stereocenters. The van der Waals surface area contributed by atoms with Gasteiger partial charge in [0.15, 0.2) is 11.7 Å². The molecule has 4 nitrogen and oxygen atoms in total. The topological polar surface area (TPSA) is 61.7 Å². The summed E-state index contributed by atoms with van der Waals surface area (Å²) in [6.45, 7) is 0. The van der Waals surface area contributed by atoms with Crippen LogP contribution in [0.2, 0.25) is 0 Å². The van der Waals surface area contributed by atoms with E-state index >= 15 is 0 Å². The molecule has 258 valence electrons. The van der Waals surface area contributed by atoms with Crippen LogP contribution in [0.25, 0.3) is 76.5 Å². The van der Waals surface area contributed by atoms with Gasteiger partial charge >= 0.3 is 0 Å². The predicted molar refractivity (Wildman–Crippen MR) is 231 cm³/mol. The van der Waals surface area contributed by atoms with Crippen LogP contribution in [0, 0.1) is 5.41 Å². The standard InChI is InChI=1S/C51H33N3O/c52-50(36-23-21-34(22-24-36)33-11-2-1-3-12-33)54-51(40-16-10-15-37(29-40)38-26-28-49-46(30-38)44-19-8-9-20-48(44)55-49)53-32-47-42-18-7-5-14-39(42)31-45-41-17-6-4-13-35(41)25-27-43(45)47/h1-32,52H. The number of para-hydroxylation sites is 1. The molecule has 0 aliphatic carbocycles. The summed E-state index contributed by atoms with van der Waals surface area (Å²) in [5.74, 6) is 0.591. The number of benzene rings is 9. The fourth-order valence-electron chi connectivity index (χ4n) is 7.65. The van der Waals surface area contributed by atoms with E-state index in [9.17, 15) is 5.41 Å². The Bertz CT molecular complexity index is 3150. The summed E-state index contributed by atoms with van der Waals surface area (Å²) in [5, 5.41) is 18.3. The summed E-state index contributed by atoms with van der Waals surface area (Å²) in [6.07, 6.45) is 1.93. The molecule has 0 saturated carbocycles. The van der Waals surface area contributed by atoms with Crippen molar-refractivity contribution in [3.05, 3.63) is 205 Å². The molecule has 0 saturated heterocycles. The minimum Gasteiger partial charge on any atom is -0.456 e. The first-order valence-electron chi connectivity index (χ1n) is 18.4. The second-order valence-electron chi connectivity index (χ2n) is 13.8. The molecule has 1 heterocycles. The van der Waals surface area contributed by atoms with Gasteiger partial charge in [-0.3, -0.25) is 5.41 Å². The van der Waals surface area contributed by atoms with Crippen LogP contribution in [0.4, 0.5) is 0 Å². The normalized spacial score (nSPS) is 12.1. The molecule has 0 radical (unpaired) electrons. The second kappa shape index (κ2) is 13.5. The molecule has 1 aromatic heterocycles. The Morgan fingerprint density at radius 2 is 1.07 bits per heavy atom. The Kier molecular flexibility index (Phi) is 7.93. The summed E-state index contributed by atoms with van der Waals surface area (Å²) < 4.78 is 6.12. The van der Waals surface area contributed by atoms with Crippen molar-refractivity contribution in [2.24, 2.45) is 9.98 Å². The van der Waals surface area contributed by atoms with E-state index < -0.39 is 0 Å². The predicted octanol–water partition coefficient (Wildman–Crippen LogP) is 13.3. The zero-order valence-electron chi connectivity index (χ0n) is 29.8. The van der Waals surface area contributed by atoms with Crippen molar-refractivity contribution >= 4 is 72.1 Å². The Hall–Kier alpha value is -7.43. The van der Waals surface area contributed by atoms with Gasteiger partial charge in [-0.15, -0.1) is 0 Å². The molecule has 9 aromatic carbocycles. The van der Waals surface area contributed by atoms with Crippen molar-refractivity contribution in [1.29, 1.82) is 5.41 Å². The van der Waals surface area contributed by atoms with Gasteiger partial charge in [0.05, 0.1) is 0 Å². The number of furan rings is 1. The van der Waals surface area contributed by atoms with Crippen LogP contribution in [-0.2, 0) is 0 Å². The van der Waals surface area contributed by atoms with E-state index in [1.54, 1.807) is 0 Å². The molecule has 55 heavy (non-hydrogen) atoms. The fraction of sp³-hybridized carbons (Fsp3) is 0. The molecule has 0 spiro atoms. The highest BCUT2D eigenvalue weighted by Gasteiger charge is 2.13. The second-order valence-corrected chi connectivity index (χ2v) is 13.8. The average Bonchev–Trinajstić information content (AvgIpc) is 3.63. The molecule has 0 bridgehead atoms. The van der Waals surface area contributed by atoms with Gasteiger partial charge in [-0.1, -0.05) is 158 Å². The Balaban J connectivity index is 1.11. The first kappa shape index (κ1) is 32.2. The van der Waals surface area contributed by atoms with Crippen LogP contribution in [-0.4, -0.2) is 17.9 Å². The lowest BCUT2D eigenvalue weighted by Gasteiger charge is -2.11. The number of aliphatic imine (C=N–C) groups is 2. The number of nitrogens with zero attached hydrogens (tertiary/aromatic N) is 2. The summed E-state index contributed by atoms with van der Waals surface area (Å²) in [7, 11) is 0. The number of hydrogen-bond donors (Lipinski definition) is 1. The van der Waals surface area contributed by atoms with E-state index in [0.29, 0.717) is 11.4 Å². The molecule has 0 atom stereocenters. The molecular weight excluding hydrogens is 671 g/mol. The van der Waals surface area contributed by atoms with Gasteiger partial charge in [0, 0.05) is 33.7 Å². The molecule has 10 rings (SSSR count). The molecular formula is C51H33N3O. The molecule has 1 N–H and O–H groups in total. The van der Waals surface area contributed by atoms with Crippen molar-refractivity contribution in [3.63, 3.8) is 0 Å². The molecule has 0 amide bonds. The van der Waals surface area contributed by atoms with Gasteiger partial charge in [0.25, 0.3) is 0 Å². The van der Waals surface area contributed by atoms with E-state index in [1.165, 1.54) is 16.2 Å². The fourth-order valence-corrected chi connectivity index (χ4v) is 7.65. The highest BCUT2D eigenvalue weighted by atomic mass is 16.3. The average molecular weight is 704 g/mol. The zero-order chi connectivity index (χ0) is 36.7. The van der Waals surface area contributed by atoms with Crippen LogP contribution in [0.5, 0.6) is 0 Å². The van der Waals surface area contributed by atoms with Gasteiger partial charge in [-0.2, -0.15) is 0 Å². The quantitative estimate of drug-likeness (QED) is 0.0825. The lowest BCUT2D eigenvalue weighted by molar-refractivity contribution is 0.669. The highest BCUT2D eigenvalue weighted by molar-refractivity contribution is 6.22. The van der Waals surface area contributed by atoms with Gasteiger partial charge in [-0.25, -0.2) is 9.98 Å². The van der Waals surface area contributed by atoms with Crippen LogP contribution in [0.3, 0.4) is 0 Å². The van der Waals surface area contributed by atoms with Gasteiger partial charge in [0.1, 0.15) is 11.2 Å². The van der Waals surface area contributed by atoms with E-state index in [0.717, 1.165) is 71.5 Å². The van der Waals surface area contributed by atoms with Crippen LogP contribution < -0.4 is 0 Å². The Morgan fingerprint density at radius 1 is 0.418 bits per heavy atom. The van der Waals surface area contributed by atoms with E-state index in [-0.39, 0.29) is 5.84 Å². The van der Waals surface area contributed by atoms with Crippen molar-refractivity contribution < 1.29 is 4.42 Å². The van der Waals surface area contributed by atoms with Crippen molar-refractivity contribution in [2.75, 3.05) is 0 Å². The maximum absolute atomic E-state index is 9.22. The molecule has 0 aliphatic heterocycles. The van der Waals surface area contributed by atoms with Gasteiger partial charge in [-0.05, 0) is 84.9 Å². The SMILES string of the molecule is N=C(N=C(N=Cc1c2ccccc2cc2c1ccc1ccccc12)c1cccc(-c2ccc3oc4ccccc4c3c2)c1)c1ccc(-c2ccccc2)cc1. The maximum atomic E-state index is 9.22. The first-order valence-corrected chi connectivity index (χ1v) is 18.4. The lowest BCUT2D eigenvalue weighted by atomic mass is 9.94. The number of amidine groups is 2. The van der Waals surface area contributed by atoms with Crippen molar-refractivity contribution in [2.45, 2.75) is 0 Å². The highest BCUT2D eigenvalue weighted by Crippen LogP contribution is 2.34. The lowest BCUT2D eigenvalue weighted by Crippen LogP contribution is -2.05. The largest absolute Gasteiger partial charge is 0.456 e. The monoisotopic (exact) mass is 703 g/mol. The van der Waals surface area contributed by atoms with Crippen LogP contribution in [0.15, 0.2) is 202 Å². The minimum absolute atomic E-state index is 0.136. The third kappa shape index (κ3) is 5.96. The number of rotatable bonds is 5. The third-order valence-corrected chi connectivity index (χ3v) is 10.4. The summed E-state index contributed by atoms with van der Waals surface area (Å²) in [4.78, 5) is 10.1. The maximum Gasteiger partial charge on any atom is 0.161 e. The third-order valence-electron chi connectivity index (χ3n) is 10.4. The van der Waals surface area contributed by atoms with E-state index in [1.807, 2.05) is 85.1 Å². The van der Waals surface area contributed by atoms with Crippen LogP contribution in [0.1, 0.15) is 16.7 Å². The summed E-state index contributed by atoms with van der Waals surface area (Å²) in [5.41, 5.74) is 8.56. The van der Waals surface area contributed by atoms with Gasteiger partial charge in [0.2, 0.25) is 0 Å². The molecule has 10 aromatic rings. The Morgan fingerprint density at radius 3 is 1.93 bits per heavy atom. The zero-order valence-corrected chi connectivity index (χ0v) is 29.8. The number of hydrogen-bond acceptors (Lipinski definition) is 2. The van der Waals surface area contributed by atoms with E-state index in [2.05, 4.69) is 109 Å². The Labute approximate surface area is 317 Å². The summed E-state index contributed by atoms with van der Waals surface area (Å²) >= 11 is 0. The van der Waals surface area contributed by atoms with Crippen molar-refractivity contribution in [3.8, 4) is 22.3 Å². The minimum atomic E-state index is 0.136. The molecule has 4 heteroatoms. The van der Waals surface area contributed by atoms with E-state index in [4.69, 9.17) is 14.4 Å². The molecule has 0 fully saturated rings. The number of fused-ring (bicyclic) bond motifs is 7. The smallest absolute Gasteiger partial charge is 0.161 e. The van der Waals surface area contributed by atoms with Crippen molar-refractivity contribution in [1.82, 2.24) is 0 Å². The van der Waals surface area contributed by atoms with Crippen LogP contribution >= 0.6 is 0 Å². The number of nitrogens with one attached hydrogen (secondary N) is 1. The first-order chi connectivity index (χ1) is 27.2. The summed E-state index contributed by atoms with van der Waals surface area (Å²) in [6, 6.07) is 64.6. The molecule has 0 aliphatic rings.